The van der Waals surface area contributed by atoms with E-state index in [1.54, 1.807) is 12.1 Å². The van der Waals surface area contributed by atoms with Crippen LogP contribution < -0.4 is 10.0 Å². The van der Waals surface area contributed by atoms with Crippen molar-refractivity contribution in [3.05, 3.63) is 29.8 Å². The molecule has 1 aromatic carbocycles. The van der Waals surface area contributed by atoms with Crippen molar-refractivity contribution in [3.63, 3.8) is 0 Å². The zero-order chi connectivity index (χ0) is 17.6. The molecule has 2 bridgehead atoms. The van der Waals surface area contributed by atoms with Crippen LogP contribution in [0.2, 0.25) is 0 Å². The highest BCUT2D eigenvalue weighted by Gasteiger charge is 2.36. The molecule has 2 aliphatic heterocycles. The quantitative estimate of drug-likeness (QED) is 0.792. The third-order valence-electron chi connectivity index (χ3n) is 5.63. The smallest absolute Gasteiger partial charge is 0.253 e. The van der Waals surface area contributed by atoms with Crippen LogP contribution in [0.3, 0.4) is 0 Å². The number of carbonyl (C=O) groups excluding carboxylic acids is 1. The maximum absolute atomic E-state index is 12.8. The van der Waals surface area contributed by atoms with Gasteiger partial charge in [0.1, 0.15) is 0 Å². The second kappa shape index (κ2) is 7.46. The average molecular weight is 400 g/mol. The second-order valence-electron chi connectivity index (χ2n) is 7.60. The molecule has 4 rings (SSSR count). The molecule has 8 heteroatoms. The van der Waals surface area contributed by atoms with Crippen molar-refractivity contribution < 1.29 is 13.2 Å². The first-order chi connectivity index (χ1) is 11.9. The number of piperidine rings is 1. The average Bonchev–Trinajstić information content (AvgIpc) is 3.35. The van der Waals surface area contributed by atoms with Crippen LogP contribution in [0, 0.1) is 0 Å². The molecule has 1 aliphatic carbocycles. The van der Waals surface area contributed by atoms with Gasteiger partial charge in [-0.1, -0.05) is 0 Å². The summed E-state index contributed by atoms with van der Waals surface area (Å²) in [6.45, 7) is 0. The number of halogens is 1. The van der Waals surface area contributed by atoms with Gasteiger partial charge in [0.15, 0.2) is 0 Å². The van der Waals surface area contributed by atoms with Crippen LogP contribution in [0.15, 0.2) is 29.2 Å². The van der Waals surface area contributed by atoms with Crippen molar-refractivity contribution in [2.45, 2.75) is 67.6 Å². The number of benzene rings is 1. The molecule has 2 N–H and O–H groups in total. The molecule has 2 atom stereocenters. The SMILES string of the molecule is CN(C(=O)c1ccc(S(=O)(=O)NC2CC2)cc1)C1CC2CCC(C1)N2.Cl. The Morgan fingerprint density at radius 3 is 2.19 bits per heavy atom. The van der Waals surface area contributed by atoms with Gasteiger partial charge in [-0.2, -0.15) is 0 Å². The number of nitrogens with zero attached hydrogens (tertiary/aromatic N) is 1. The van der Waals surface area contributed by atoms with Gasteiger partial charge in [-0.15, -0.1) is 12.4 Å². The summed E-state index contributed by atoms with van der Waals surface area (Å²) in [5, 5.41) is 3.59. The van der Waals surface area contributed by atoms with Crippen LogP contribution in [-0.4, -0.2) is 50.4 Å². The lowest BCUT2D eigenvalue weighted by atomic mass is 9.98. The van der Waals surface area contributed by atoms with E-state index < -0.39 is 10.0 Å². The third kappa shape index (κ3) is 4.06. The molecule has 26 heavy (non-hydrogen) atoms. The van der Waals surface area contributed by atoms with Crippen molar-refractivity contribution in [3.8, 4) is 0 Å². The first-order valence-corrected chi connectivity index (χ1v) is 10.6. The molecule has 0 radical (unpaired) electrons. The first-order valence-electron chi connectivity index (χ1n) is 9.08. The molecular weight excluding hydrogens is 374 g/mol. The predicted molar refractivity (Wildman–Crippen MR) is 102 cm³/mol. The van der Waals surface area contributed by atoms with E-state index in [1.807, 2.05) is 11.9 Å². The van der Waals surface area contributed by atoms with E-state index in [4.69, 9.17) is 0 Å². The molecule has 3 fully saturated rings. The lowest BCUT2D eigenvalue weighted by molar-refractivity contribution is 0.0681. The Balaban J connectivity index is 0.00000196. The fourth-order valence-corrected chi connectivity index (χ4v) is 5.28. The fourth-order valence-electron chi connectivity index (χ4n) is 3.98. The number of rotatable bonds is 5. The Bertz CT molecular complexity index is 752. The molecule has 2 unspecified atom stereocenters. The van der Waals surface area contributed by atoms with E-state index in [1.165, 1.54) is 25.0 Å². The van der Waals surface area contributed by atoms with Crippen LogP contribution in [0.5, 0.6) is 0 Å². The summed E-state index contributed by atoms with van der Waals surface area (Å²) in [6.07, 6.45) is 6.19. The highest BCUT2D eigenvalue weighted by Crippen LogP contribution is 2.30. The van der Waals surface area contributed by atoms with Crippen LogP contribution in [0.25, 0.3) is 0 Å². The molecule has 6 nitrogen and oxygen atoms in total. The molecule has 0 aromatic heterocycles. The lowest BCUT2D eigenvalue weighted by Gasteiger charge is -2.35. The number of fused-ring (bicyclic) bond motifs is 2. The van der Waals surface area contributed by atoms with Crippen molar-refractivity contribution in [1.82, 2.24) is 14.9 Å². The molecule has 144 valence electrons. The van der Waals surface area contributed by atoms with Crippen molar-refractivity contribution in [2.24, 2.45) is 0 Å². The summed E-state index contributed by atoms with van der Waals surface area (Å²) in [5.41, 5.74) is 0.541. The minimum absolute atomic E-state index is 0. The molecule has 2 saturated heterocycles. The highest BCUT2D eigenvalue weighted by molar-refractivity contribution is 7.89. The predicted octanol–water partition coefficient (Wildman–Crippen LogP) is 1.90. The minimum Gasteiger partial charge on any atom is -0.339 e. The lowest BCUT2D eigenvalue weighted by Crippen LogP contribution is -2.48. The van der Waals surface area contributed by atoms with E-state index in [2.05, 4.69) is 10.0 Å². The largest absolute Gasteiger partial charge is 0.339 e. The molecule has 1 amide bonds. The van der Waals surface area contributed by atoms with E-state index >= 15 is 0 Å². The van der Waals surface area contributed by atoms with Gasteiger partial charge >= 0.3 is 0 Å². The van der Waals surface area contributed by atoms with Crippen LogP contribution in [0.4, 0.5) is 0 Å². The maximum Gasteiger partial charge on any atom is 0.253 e. The minimum atomic E-state index is -3.47. The van der Waals surface area contributed by atoms with Gasteiger partial charge in [-0.05, 0) is 62.8 Å². The highest BCUT2D eigenvalue weighted by atomic mass is 35.5. The van der Waals surface area contributed by atoms with Gasteiger partial charge in [-0.25, -0.2) is 13.1 Å². The van der Waals surface area contributed by atoms with Gasteiger partial charge in [0.25, 0.3) is 5.91 Å². The summed E-state index contributed by atoms with van der Waals surface area (Å²) in [4.78, 5) is 14.8. The molecule has 1 saturated carbocycles. The molecular formula is C18H26ClN3O3S. The van der Waals surface area contributed by atoms with Crippen molar-refractivity contribution in [2.75, 3.05) is 7.05 Å². The van der Waals surface area contributed by atoms with Gasteiger partial charge in [-0.3, -0.25) is 4.79 Å². The van der Waals surface area contributed by atoms with Crippen molar-refractivity contribution >= 4 is 28.3 Å². The monoisotopic (exact) mass is 399 g/mol. The maximum atomic E-state index is 12.8. The molecule has 3 aliphatic rings. The number of hydrogen-bond donors (Lipinski definition) is 2. The number of nitrogens with one attached hydrogen (secondary N) is 2. The Morgan fingerprint density at radius 2 is 1.65 bits per heavy atom. The Labute approximate surface area is 161 Å². The van der Waals surface area contributed by atoms with Gasteiger partial charge in [0.05, 0.1) is 4.90 Å². The summed E-state index contributed by atoms with van der Waals surface area (Å²) in [6, 6.07) is 7.68. The summed E-state index contributed by atoms with van der Waals surface area (Å²) in [5.74, 6) is -0.0367. The Kier molecular flexibility index (Phi) is 5.63. The number of sulfonamides is 1. The van der Waals surface area contributed by atoms with Crippen LogP contribution >= 0.6 is 12.4 Å². The van der Waals surface area contributed by atoms with Gasteiger partial charge < -0.3 is 10.2 Å². The molecule has 1 aromatic rings. The van der Waals surface area contributed by atoms with E-state index in [0.29, 0.717) is 17.6 Å². The van der Waals surface area contributed by atoms with Crippen LogP contribution in [0.1, 0.15) is 48.9 Å². The summed E-state index contributed by atoms with van der Waals surface area (Å²) in [7, 11) is -1.61. The fraction of sp³-hybridized carbons (Fsp3) is 0.611. The standard InChI is InChI=1S/C18H25N3O3S.ClH/c1-21(16-10-14-6-7-15(11-16)19-14)18(22)12-2-8-17(9-3-12)25(23,24)20-13-4-5-13;/h2-3,8-9,13-16,19-20H,4-7,10-11H2,1H3;1H. The number of amides is 1. The third-order valence-corrected chi connectivity index (χ3v) is 7.16. The zero-order valence-electron chi connectivity index (χ0n) is 14.8. The van der Waals surface area contributed by atoms with Crippen molar-refractivity contribution in [1.29, 1.82) is 0 Å². The normalized spacial score (nSPS) is 27.7. The second-order valence-corrected chi connectivity index (χ2v) is 9.31. The topological polar surface area (TPSA) is 78.5 Å². The number of carbonyl (C=O) groups is 1. The molecule has 2 heterocycles. The van der Waals surface area contributed by atoms with E-state index in [-0.39, 0.29) is 35.3 Å². The number of hydrogen-bond acceptors (Lipinski definition) is 4. The summed E-state index contributed by atoms with van der Waals surface area (Å²) < 4.78 is 27.1. The van der Waals surface area contributed by atoms with E-state index in [0.717, 1.165) is 25.7 Å². The van der Waals surface area contributed by atoms with Crippen LogP contribution in [-0.2, 0) is 10.0 Å². The van der Waals surface area contributed by atoms with E-state index in [9.17, 15) is 13.2 Å². The Morgan fingerprint density at radius 1 is 1.08 bits per heavy atom. The first kappa shape index (κ1) is 19.6. The van der Waals surface area contributed by atoms with Gasteiger partial charge in [0, 0.05) is 36.8 Å². The summed E-state index contributed by atoms with van der Waals surface area (Å²) >= 11 is 0. The Hall–Kier alpha value is -1.15. The van der Waals surface area contributed by atoms with Gasteiger partial charge in [0.2, 0.25) is 10.0 Å². The zero-order valence-corrected chi connectivity index (χ0v) is 16.5. The molecule has 0 spiro atoms.